The van der Waals surface area contributed by atoms with E-state index in [1.54, 1.807) is 19.1 Å². The van der Waals surface area contributed by atoms with Crippen molar-refractivity contribution in [3.05, 3.63) is 28.8 Å². The highest BCUT2D eigenvalue weighted by molar-refractivity contribution is 7.89. The molecule has 1 aromatic carbocycles. The number of nitrogens with two attached hydrogens (primary N) is 1. The SMILES string of the molecule is Cc1cccc(S(=O)(=O)NC(C)(CN)CC(C)C)c1Cl.Cl. The summed E-state index contributed by atoms with van der Waals surface area (Å²) in [4.78, 5) is 0.0996. The van der Waals surface area contributed by atoms with E-state index < -0.39 is 15.6 Å². The summed E-state index contributed by atoms with van der Waals surface area (Å²) in [6, 6.07) is 4.96. The van der Waals surface area contributed by atoms with E-state index in [1.165, 1.54) is 6.07 Å². The third-order valence-electron chi connectivity index (χ3n) is 3.14. The minimum absolute atomic E-state index is 0. The molecule has 0 aliphatic heterocycles. The molecule has 1 unspecified atom stereocenters. The van der Waals surface area contributed by atoms with Gasteiger partial charge in [0.15, 0.2) is 0 Å². The van der Waals surface area contributed by atoms with E-state index >= 15 is 0 Å². The fraction of sp³-hybridized carbons (Fsp3) is 0.571. The maximum Gasteiger partial charge on any atom is 0.242 e. The first-order valence-electron chi connectivity index (χ1n) is 6.60. The Bertz CT molecular complexity index is 576. The first kappa shape index (κ1) is 20.7. The molecule has 0 spiro atoms. The Morgan fingerprint density at radius 1 is 1.38 bits per heavy atom. The summed E-state index contributed by atoms with van der Waals surface area (Å²) in [7, 11) is -3.69. The normalized spacial score (nSPS) is 14.6. The lowest BCUT2D eigenvalue weighted by molar-refractivity contribution is 0.344. The lowest BCUT2D eigenvalue weighted by Gasteiger charge is -2.31. The van der Waals surface area contributed by atoms with E-state index in [4.69, 9.17) is 17.3 Å². The molecule has 0 aliphatic rings. The predicted octanol–water partition coefficient (Wildman–Crippen LogP) is 3.11. The van der Waals surface area contributed by atoms with Gasteiger partial charge in [-0.3, -0.25) is 0 Å². The van der Waals surface area contributed by atoms with Crippen LogP contribution in [0.25, 0.3) is 0 Å². The summed E-state index contributed by atoms with van der Waals surface area (Å²) in [6.45, 7) is 7.88. The largest absolute Gasteiger partial charge is 0.329 e. The van der Waals surface area contributed by atoms with E-state index in [9.17, 15) is 8.42 Å². The van der Waals surface area contributed by atoms with Gasteiger partial charge < -0.3 is 5.73 Å². The van der Waals surface area contributed by atoms with E-state index in [1.807, 2.05) is 20.8 Å². The Balaban J connectivity index is 0.00000400. The third kappa shape index (κ3) is 5.42. The zero-order valence-electron chi connectivity index (χ0n) is 12.8. The molecular weight excluding hydrogens is 331 g/mol. The van der Waals surface area contributed by atoms with Crippen molar-refractivity contribution in [2.24, 2.45) is 11.7 Å². The second kappa shape index (κ2) is 7.79. The lowest BCUT2D eigenvalue weighted by atomic mass is 9.92. The number of nitrogens with one attached hydrogen (secondary N) is 1. The molecule has 0 amide bonds. The van der Waals surface area contributed by atoms with Crippen molar-refractivity contribution in [3.8, 4) is 0 Å². The number of rotatable bonds is 6. The van der Waals surface area contributed by atoms with Crippen LogP contribution in [0.3, 0.4) is 0 Å². The van der Waals surface area contributed by atoms with Gasteiger partial charge in [0, 0.05) is 12.1 Å². The van der Waals surface area contributed by atoms with Crippen LogP contribution in [0.4, 0.5) is 0 Å². The maximum atomic E-state index is 12.5. The molecule has 1 rings (SSSR count). The van der Waals surface area contributed by atoms with Gasteiger partial charge in [0.25, 0.3) is 0 Å². The van der Waals surface area contributed by atoms with Gasteiger partial charge in [-0.05, 0) is 37.8 Å². The van der Waals surface area contributed by atoms with Crippen molar-refractivity contribution in [2.45, 2.75) is 44.6 Å². The van der Waals surface area contributed by atoms with Gasteiger partial charge in [-0.25, -0.2) is 13.1 Å². The van der Waals surface area contributed by atoms with E-state index in [0.29, 0.717) is 12.3 Å². The van der Waals surface area contributed by atoms with Gasteiger partial charge in [0.1, 0.15) is 4.90 Å². The fourth-order valence-electron chi connectivity index (χ4n) is 2.28. The number of benzene rings is 1. The number of hydrogen-bond acceptors (Lipinski definition) is 3. The molecule has 122 valence electrons. The van der Waals surface area contributed by atoms with Crippen molar-refractivity contribution < 1.29 is 8.42 Å². The van der Waals surface area contributed by atoms with Crippen LogP contribution in [0.2, 0.25) is 5.02 Å². The summed E-state index contributed by atoms with van der Waals surface area (Å²) in [5.41, 5.74) is 5.80. The van der Waals surface area contributed by atoms with Crippen LogP contribution in [-0.4, -0.2) is 20.5 Å². The van der Waals surface area contributed by atoms with Gasteiger partial charge in [-0.1, -0.05) is 37.6 Å². The minimum Gasteiger partial charge on any atom is -0.329 e. The van der Waals surface area contributed by atoms with Gasteiger partial charge in [-0.15, -0.1) is 12.4 Å². The molecule has 1 atom stereocenters. The van der Waals surface area contributed by atoms with Crippen LogP contribution in [0.1, 0.15) is 32.8 Å². The standard InChI is InChI=1S/C14H23ClN2O2S.ClH/c1-10(2)8-14(4,9-16)17-20(18,19)12-7-5-6-11(3)13(12)15;/h5-7,10,17H,8-9,16H2,1-4H3;1H. The van der Waals surface area contributed by atoms with Crippen molar-refractivity contribution in [1.82, 2.24) is 4.72 Å². The molecule has 0 saturated carbocycles. The molecule has 21 heavy (non-hydrogen) atoms. The van der Waals surface area contributed by atoms with E-state index in [2.05, 4.69) is 4.72 Å². The van der Waals surface area contributed by atoms with Crippen LogP contribution in [0, 0.1) is 12.8 Å². The number of hydrogen-bond donors (Lipinski definition) is 2. The summed E-state index contributed by atoms with van der Waals surface area (Å²) >= 11 is 6.11. The van der Waals surface area contributed by atoms with Gasteiger partial charge in [0.05, 0.1) is 5.02 Å². The molecule has 4 nitrogen and oxygen atoms in total. The van der Waals surface area contributed by atoms with Crippen LogP contribution in [0.15, 0.2) is 23.1 Å². The van der Waals surface area contributed by atoms with Crippen molar-refractivity contribution in [2.75, 3.05) is 6.54 Å². The average Bonchev–Trinajstić information content (AvgIpc) is 2.30. The molecule has 0 heterocycles. The Morgan fingerprint density at radius 3 is 2.43 bits per heavy atom. The van der Waals surface area contributed by atoms with Crippen molar-refractivity contribution >= 4 is 34.0 Å². The zero-order valence-corrected chi connectivity index (χ0v) is 15.2. The van der Waals surface area contributed by atoms with Crippen molar-refractivity contribution in [3.63, 3.8) is 0 Å². The van der Waals surface area contributed by atoms with E-state index in [0.717, 1.165) is 5.56 Å². The third-order valence-corrected chi connectivity index (χ3v) is 5.43. The molecule has 0 radical (unpaired) electrons. The zero-order chi connectivity index (χ0) is 15.6. The predicted molar refractivity (Wildman–Crippen MR) is 90.7 cm³/mol. The number of aryl methyl sites for hydroxylation is 1. The molecule has 7 heteroatoms. The van der Waals surface area contributed by atoms with E-state index in [-0.39, 0.29) is 28.9 Å². The quantitative estimate of drug-likeness (QED) is 0.824. The minimum atomic E-state index is -3.69. The van der Waals surface area contributed by atoms with Gasteiger partial charge in [0.2, 0.25) is 10.0 Å². The smallest absolute Gasteiger partial charge is 0.242 e. The Morgan fingerprint density at radius 2 is 1.95 bits per heavy atom. The molecule has 0 aromatic heterocycles. The molecule has 0 aliphatic carbocycles. The fourth-order valence-corrected chi connectivity index (χ4v) is 4.29. The summed E-state index contributed by atoms with van der Waals surface area (Å²) in [5.74, 6) is 0.333. The van der Waals surface area contributed by atoms with Gasteiger partial charge in [-0.2, -0.15) is 0 Å². The average molecular weight is 355 g/mol. The Labute approximate surface area is 138 Å². The monoisotopic (exact) mass is 354 g/mol. The first-order chi connectivity index (χ1) is 9.11. The molecule has 0 saturated heterocycles. The van der Waals surface area contributed by atoms with Crippen LogP contribution in [0.5, 0.6) is 0 Å². The Kier molecular flexibility index (Phi) is 7.67. The molecular formula is C14H24Cl2N2O2S. The topological polar surface area (TPSA) is 72.2 Å². The second-order valence-electron chi connectivity index (χ2n) is 5.86. The lowest BCUT2D eigenvalue weighted by Crippen LogP contribution is -2.52. The summed E-state index contributed by atoms with van der Waals surface area (Å²) in [6.07, 6.45) is 0.659. The number of halogens is 2. The number of sulfonamides is 1. The Hall–Kier alpha value is -0.330. The highest BCUT2D eigenvalue weighted by Gasteiger charge is 2.31. The summed E-state index contributed by atoms with van der Waals surface area (Å²) in [5, 5.41) is 0.254. The highest BCUT2D eigenvalue weighted by atomic mass is 35.5. The van der Waals surface area contributed by atoms with Crippen LogP contribution < -0.4 is 10.5 Å². The highest BCUT2D eigenvalue weighted by Crippen LogP contribution is 2.26. The van der Waals surface area contributed by atoms with Crippen LogP contribution >= 0.6 is 24.0 Å². The molecule has 3 N–H and O–H groups in total. The summed E-state index contributed by atoms with van der Waals surface area (Å²) < 4.78 is 27.7. The molecule has 1 aromatic rings. The molecule has 0 fully saturated rings. The van der Waals surface area contributed by atoms with Crippen molar-refractivity contribution in [1.29, 1.82) is 0 Å². The first-order valence-corrected chi connectivity index (χ1v) is 8.46. The maximum absolute atomic E-state index is 12.5. The van der Waals surface area contributed by atoms with Gasteiger partial charge >= 0.3 is 0 Å². The second-order valence-corrected chi connectivity index (χ2v) is 7.88. The van der Waals surface area contributed by atoms with Crippen LogP contribution in [-0.2, 0) is 10.0 Å². The molecule has 0 bridgehead atoms.